The van der Waals surface area contributed by atoms with Crippen LogP contribution in [-0.2, 0) is 15.9 Å². The molecular formula is C19H28N4O3. The van der Waals surface area contributed by atoms with Gasteiger partial charge in [0.2, 0.25) is 0 Å². The van der Waals surface area contributed by atoms with Gasteiger partial charge in [-0.1, -0.05) is 0 Å². The molecule has 1 spiro atoms. The maximum absolute atomic E-state index is 12.5. The summed E-state index contributed by atoms with van der Waals surface area (Å²) in [6, 6.07) is 2.10. The van der Waals surface area contributed by atoms with Gasteiger partial charge >= 0.3 is 6.09 Å². The number of anilines is 2. The van der Waals surface area contributed by atoms with Gasteiger partial charge in [-0.05, 0) is 39.7 Å². The van der Waals surface area contributed by atoms with Crippen molar-refractivity contribution in [2.45, 2.75) is 44.8 Å². The predicted molar refractivity (Wildman–Crippen MR) is 99.8 cm³/mol. The van der Waals surface area contributed by atoms with E-state index in [1.165, 1.54) is 11.3 Å². The van der Waals surface area contributed by atoms with E-state index < -0.39 is 5.60 Å². The fraction of sp³-hybridized carbons (Fsp3) is 0.684. The van der Waals surface area contributed by atoms with Gasteiger partial charge in [0.05, 0.1) is 13.2 Å². The molecule has 4 heterocycles. The van der Waals surface area contributed by atoms with E-state index in [1.807, 2.05) is 27.0 Å². The second kappa shape index (κ2) is 6.30. The maximum atomic E-state index is 12.5. The summed E-state index contributed by atoms with van der Waals surface area (Å²) in [5.41, 5.74) is 1.76. The van der Waals surface area contributed by atoms with Gasteiger partial charge in [0.1, 0.15) is 17.0 Å². The number of fused-ring (bicyclic) bond motifs is 1. The van der Waals surface area contributed by atoms with Crippen molar-refractivity contribution in [3.8, 4) is 0 Å². The minimum absolute atomic E-state index is 0.243. The Bertz CT molecular complexity index is 703. The van der Waals surface area contributed by atoms with E-state index in [9.17, 15) is 4.79 Å². The topological polar surface area (TPSA) is 66.9 Å². The third-order valence-corrected chi connectivity index (χ3v) is 5.26. The molecular weight excluding hydrogens is 332 g/mol. The predicted octanol–water partition coefficient (Wildman–Crippen LogP) is 2.27. The molecule has 4 rings (SSSR count). The zero-order valence-electron chi connectivity index (χ0n) is 15.9. The number of pyridine rings is 1. The van der Waals surface area contributed by atoms with Crippen LogP contribution in [0.3, 0.4) is 0 Å². The Kier molecular flexibility index (Phi) is 4.22. The van der Waals surface area contributed by atoms with E-state index in [4.69, 9.17) is 9.47 Å². The van der Waals surface area contributed by atoms with E-state index in [2.05, 4.69) is 21.3 Å². The summed E-state index contributed by atoms with van der Waals surface area (Å²) in [4.78, 5) is 21.1. The molecule has 0 aromatic carbocycles. The summed E-state index contributed by atoms with van der Waals surface area (Å²) in [6.07, 6.45) is 3.54. The van der Waals surface area contributed by atoms with Crippen molar-refractivity contribution in [2.24, 2.45) is 0 Å². The van der Waals surface area contributed by atoms with Crippen molar-refractivity contribution in [2.75, 3.05) is 49.5 Å². The van der Waals surface area contributed by atoms with Gasteiger partial charge in [-0.15, -0.1) is 0 Å². The Morgan fingerprint density at radius 3 is 3.00 bits per heavy atom. The molecule has 3 aliphatic heterocycles. The van der Waals surface area contributed by atoms with E-state index >= 15 is 0 Å². The van der Waals surface area contributed by atoms with Crippen LogP contribution in [0.15, 0.2) is 12.3 Å². The molecule has 1 atom stereocenters. The highest BCUT2D eigenvalue weighted by molar-refractivity contribution is 5.69. The zero-order chi connectivity index (χ0) is 18.4. The summed E-state index contributed by atoms with van der Waals surface area (Å²) in [7, 11) is 0. The number of hydrogen-bond acceptors (Lipinski definition) is 6. The first-order valence-corrected chi connectivity index (χ1v) is 9.44. The van der Waals surface area contributed by atoms with E-state index in [1.54, 1.807) is 4.90 Å². The molecule has 1 N–H and O–H groups in total. The summed E-state index contributed by atoms with van der Waals surface area (Å²) < 4.78 is 11.7. The van der Waals surface area contributed by atoms with E-state index in [0.717, 1.165) is 38.3 Å². The zero-order valence-corrected chi connectivity index (χ0v) is 15.9. The minimum Gasteiger partial charge on any atom is -0.444 e. The van der Waals surface area contributed by atoms with Crippen LogP contribution in [0.2, 0.25) is 0 Å². The number of hydrogen-bond donors (Lipinski definition) is 1. The summed E-state index contributed by atoms with van der Waals surface area (Å²) in [5, 5.41) is 3.34. The number of carbonyl (C=O) groups excluding carboxylic acids is 1. The highest BCUT2D eigenvalue weighted by Crippen LogP contribution is 2.37. The number of nitrogens with zero attached hydrogens (tertiary/aromatic N) is 3. The van der Waals surface area contributed by atoms with Crippen molar-refractivity contribution in [3.63, 3.8) is 0 Å². The molecule has 1 aromatic rings. The first-order chi connectivity index (χ1) is 12.4. The van der Waals surface area contributed by atoms with Crippen LogP contribution >= 0.6 is 0 Å². The second-order valence-electron chi connectivity index (χ2n) is 8.44. The molecule has 0 aliphatic carbocycles. The molecule has 1 amide bonds. The third kappa shape index (κ3) is 3.32. The average Bonchev–Trinajstić information content (AvgIpc) is 3.20. The normalized spacial score (nSPS) is 25.3. The summed E-state index contributed by atoms with van der Waals surface area (Å²) in [6.45, 7) is 10.1. The standard InChI is InChI=1S/C19H28N4O3/c1-18(2,3)26-17(24)23-10-11-25-19(13-23)6-9-22(12-19)15-5-8-21-16-14(15)4-7-20-16/h5,8H,4,6-7,9-13H2,1-3H3,(H,20,21). The number of ether oxygens (including phenoxy) is 2. The summed E-state index contributed by atoms with van der Waals surface area (Å²) >= 11 is 0. The molecule has 0 radical (unpaired) electrons. The third-order valence-electron chi connectivity index (χ3n) is 5.26. The van der Waals surface area contributed by atoms with Crippen LogP contribution in [0.1, 0.15) is 32.8 Å². The monoisotopic (exact) mass is 360 g/mol. The lowest BCUT2D eigenvalue weighted by Gasteiger charge is -2.40. The number of rotatable bonds is 1. The van der Waals surface area contributed by atoms with Gasteiger partial charge in [-0.25, -0.2) is 9.78 Å². The fourth-order valence-corrected chi connectivity index (χ4v) is 4.11. The quantitative estimate of drug-likeness (QED) is 0.829. The molecule has 7 nitrogen and oxygen atoms in total. The number of nitrogens with one attached hydrogen (secondary N) is 1. The molecule has 2 fully saturated rings. The van der Waals surface area contributed by atoms with Gasteiger partial charge in [-0.3, -0.25) is 0 Å². The Labute approximate surface area is 154 Å². The lowest BCUT2D eigenvalue weighted by Crippen LogP contribution is -2.55. The lowest BCUT2D eigenvalue weighted by molar-refractivity contribution is -0.0958. The second-order valence-corrected chi connectivity index (χ2v) is 8.44. The number of carbonyl (C=O) groups is 1. The molecule has 0 bridgehead atoms. The van der Waals surface area contributed by atoms with Crippen LogP contribution in [0, 0.1) is 0 Å². The highest BCUT2D eigenvalue weighted by atomic mass is 16.6. The van der Waals surface area contributed by atoms with Crippen molar-refractivity contribution >= 4 is 17.6 Å². The van der Waals surface area contributed by atoms with Crippen molar-refractivity contribution < 1.29 is 14.3 Å². The fourth-order valence-electron chi connectivity index (χ4n) is 4.11. The SMILES string of the molecule is CC(C)(C)OC(=O)N1CCOC2(CCN(c3ccnc4c3CCN4)C2)C1. The summed E-state index contributed by atoms with van der Waals surface area (Å²) in [5.74, 6) is 1.00. The van der Waals surface area contributed by atoms with Crippen molar-refractivity contribution in [1.82, 2.24) is 9.88 Å². The average molecular weight is 360 g/mol. The van der Waals surface area contributed by atoms with Crippen LogP contribution in [-0.4, -0.2) is 66.5 Å². The molecule has 7 heteroatoms. The van der Waals surface area contributed by atoms with Crippen LogP contribution in [0.5, 0.6) is 0 Å². The van der Waals surface area contributed by atoms with Gasteiger partial charge < -0.3 is 24.6 Å². The Morgan fingerprint density at radius 1 is 1.35 bits per heavy atom. The number of aromatic nitrogens is 1. The number of amides is 1. The molecule has 1 aromatic heterocycles. The molecule has 3 aliphatic rings. The van der Waals surface area contributed by atoms with Crippen LogP contribution in [0.4, 0.5) is 16.3 Å². The van der Waals surface area contributed by atoms with E-state index in [-0.39, 0.29) is 11.7 Å². The van der Waals surface area contributed by atoms with Gasteiger partial charge in [0.15, 0.2) is 0 Å². The highest BCUT2D eigenvalue weighted by Gasteiger charge is 2.45. The van der Waals surface area contributed by atoms with Crippen LogP contribution in [0.25, 0.3) is 0 Å². The lowest BCUT2D eigenvalue weighted by atomic mass is 10.0. The maximum Gasteiger partial charge on any atom is 0.410 e. The van der Waals surface area contributed by atoms with Crippen molar-refractivity contribution in [1.29, 1.82) is 0 Å². The van der Waals surface area contributed by atoms with E-state index in [0.29, 0.717) is 19.7 Å². The van der Waals surface area contributed by atoms with Gasteiger partial charge in [0.25, 0.3) is 0 Å². The largest absolute Gasteiger partial charge is 0.444 e. The Balaban J connectivity index is 1.47. The Hall–Kier alpha value is -2.02. The molecule has 26 heavy (non-hydrogen) atoms. The molecule has 2 saturated heterocycles. The molecule has 0 saturated carbocycles. The smallest absolute Gasteiger partial charge is 0.410 e. The number of morpholine rings is 1. The first kappa shape index (κ1) is 17.4. The molecule has 142 valence electrons. The first-order valence-electron chi connectivity index (χ1n) is 9.44. The van der Waals surface area contributed by atoms with Gasteiger partial charge in [0, 0.05) is 43.6 Å². The minimum atomic E-state index is -0.477. The van der Waals surface area contributed by atoms with Crippen molar-refractivity contribution in [3.05, 3.63) is 17.8 Å². The molecule has 1 unspecified atom stereocenters. The van der Waals surface area contributed by atoms with Crippen LogP contribution < -0.4 is 10.2 Å². The Morgan fingerprint density at radius 2 is 2.19 bits per heavy atom. The van der Waals surface area contributed by atoms with Gasteiger partial charge in [-0.2, -0.15) is 0 Å².